The van der Waals surface area contributed by atoms with Crippen molar-refractivity contribution in [3.8, 4) is 0 Å². The molecule has 3 amide bonds. The molecule has 0 aromatic heterocycles. The summed E-state index contributed by atoms with van der Waals surface area (Å²) in [5.41, 5.74) is 0.801. The lowest BCUT2D eigenvalue weighted by atomic mass is 9.79. The summed E-state index contributed by atoms with van der Waals surface area (Å²) in [6, 6.07) is 11.6. The summed E-state index contributed by atoms with van der Waals surface area (Å²) in [5.74, 6) is 1.19. The molecule has 0 radical (unpaired) electrons. The number of nitrogens with one attached hydrogen (secondary N) is 1. The van der Waals surface area contributed by atoms with Crippen LogP contribution in [0.5, 0.6) is 0 Å². The first-order chi connectivity index (χ1) is 15.0. The fourth-order valence-corrected chi connectivity index (χ4v) is 7.02. The zero-order valence-corrected chi connectivity index (χ0v) is 19.1. The molecule has 4 fully saturated rings. The van der Waals surface area contributed by atoms with Gasteiger partial charge in [0, 0.05) is 43.7 Å². The number of hydrogen-bond acceptors (Lipinski definition) is 4. The van der Waals surface area contributed by atoms with Gasteiger partial charge >= 0.3 is 6.03 Å². The lowest BCUT2D eigenvalue weighted by molar-refractivity contribution is -0.138. The first-order valence-corrected chi connectivity index (χ1v) is 12.1. The zero-order chi connectivity index (χ0) is 21.8. The standard InChI is InChI=1S/C25H36N4O2/c1-4-27-23(30)25(29(17(2)3)24(27)31)12-20-10-11-21(13-25)28(20)16-19-14-26-15-22(19)18-8-6-5-7-9-18/h5-9,17,19-22,26H,4,10-16H2,1-3H3/t19-,20?,21?,22-,25?/m1/s1. The van der Waals surface area contributed by atoms with Gasteiger partial charge in [-0.15, -0.1) is 0 Å². The molecule has 168 valence electrons. The van der Waals surface area contributed by atoms with Crippen LogP contribution in [0.4, 0.5) is 4.79 Å². The van der Waals surface area contributed by atoms with Gasteiger partial charge in [0.05, 0.1) is 0 Å². The molecule has 4 heterocycles. The molecule has 4 aliphatic heterocycles. The molecule has 5 rings (SSSR count). The normalized spacial score (nSPS) is 35.9. The molecule has 1 aromatic rings. The predicted octanol–water partition coefficient (Wildman–Crippen LogP) is 3.05. The minimum atomic E-state index is -0.629. The third-order valence-electron chi connectivity index (χ3n) is 8.30. The van der Waals surface area contributed by atoms with Crippen molar-refractivity contribution >= 4 is 11.9 Å². The van der Waals surface area contributed by atoms with Gasteiger partial charge in [-0.1, -0.05) is 30.3 Å². The van der Waals surface area contributed by atoms with E-state index in [2.05, 4.69) is 54.4 Å². The Hall–Kier alpha value is -1.92. The Morgan fingerprint density at radius 2 is 1.74 bits per heavy atom. The van der Waals surface area contributed by atoms with E-state index in [9.17, 15) is 9.59 Å². The largest absolute Gasteiger partial charge is 0.327 e. The monoisotopic (exact) mass is 424 g/mol. The van der Waals surface area contributed by atoms with Crippen LogP contribution in [0.3, 0.4) is 0 Å². The average molecular weight is 425 g/mol. The Bertz CT molecular complexity index is 827. The second-order valence-electron chi connectivity index (χ2n) is 10.3. The predicted molar refractivity (Wildman–Crippen MR) is 121 cm³/mol. The van der Waals surface area contributed by atoms with E-state index < -0.39 is 5.54 Å². The van der Waals surface area contributed by atoms with Crippen LogP contribution in [0, 0.1) is 5.92 Å². The summed E-state index contributed by atoms with van der Waals surface area (Å²) in [4.78, 5) is 32.7. The molecule has 2 unspecified atom stereocenters. The number of imide groups is 1. The Balaban J connectivity index is 1.37. The highest BCUT2D eigenvalue weighted by atomic mass is 16.2. The SMILES string of the molecule is CCN1C(=O)N(C(C)C)C2(CC3CCC(C2)N3C[C@H]2CNC[C@@H]2c2ccccc2)C1=O. The van der Waals surface area contributed by atoms with Gasteiger partial charge in [0.15, 0.2) is 0 Å². The number of amides is 3. The van der Waals surface area contributed by atoms with Crippen LogP contribution in [-0.2, 0) is 4.79 Å². The van der Waals surface area contributed by atoms with Crippen molar-refractivity contribution in [3.05, 3.63) is 35.9 Å². The molecule has 6 nitrogen and oxygen atoms in total. The fraction of sp³-hybridized carbons (Fsp3) is 0.680. The van der Waals surface area contributed by atoms with Gasteiger partial charge in [0.2, 0.25) is 0 Å². The number of fused-ring (bicyclic) bond motifs is 2. The average Bonchev–Trinajstić information content (AvgIpc) is 3.36. The maximum atomic E-state index is 13.5. The van der Waals surface area contributed by atoms with Crippen LogP contribution in [-0.4, -0.2) is 76.5 Å². The second kappa shape index (κ2) is 7.89. The third-order valence-corrected chi connectivity index (χ3v) is 8.30. The van der Waals surface area contributed by atoms with E-state index in [1.54, 1.807) is 0 Å². The minimum absolute atomic E-state index is 0.0421. The third kappa shape index (κ3) is 3.21. The molecule has 6 heteroatoms. The number of benzene rings is 1. The summed E-state index contributed by atoms with van der Waals surface area (Å²) in [7, 11) is 0. The lowest BCUT2D eigenvalue weighted by Crippen LogP contribution is -2.62. The summed E-state index contributed by atoms with van der Waals surface area (Å²) < 4.78 is 0. The number of hydrogen-bond donors (Lipinski definition) is 1. The first kappa shape index (κ1) is 21.0. The van der Waals surface area contributed by atoms with Crippen LogP contribution in [0.15, 0.2) is 30.3 Å². The molecule has 0 saturated carbocycles. The van der Waals surface area contributed by atoms with Crippen molar-refractivity contribution in [2.75, 3.05) is 26.2 Å². The molecule has 1 spiro atoms. The van der Waals surface area contributed by atoms with Gasteiger partial charge < -0.3 is 10.2 Å². The van der Waals surface area contributed by atoms with Crippen molar-refractivity contribution < 1.29 is 9.59 Å². The Morgan fingerprint density at radius 3 is 2.35 bits per heavy atom. The second-order valence-corrected chi connectivity index (χ2v) is 10.3. The number of nitrogens with zero attached hydrogens (tertiary/aromatic N) is 3. The summed E-state index contributed by atoms with van der Waals surface area (Å²) in [5, 5.41) is 3.62. The van der Waals surface area contributed by atoms with Crippen molar-refractivity contribution in [2.24, 2.45) is 5.92 Å². The smallest absolute Gasteiger partial charge is 0.316 e. The molecule has 0 aliphatic carbocycles. The quantitative estimate of drug-likeness (QED) is 0.738. The zero-order valence-electron chi connectivity index (χ0n) is 19.1. The number of carbonyl (C=O) groups is 2. The van der Waals surface area contributed by atoms with E-state index in [0.717, 1.165) is 45.3 Å². The molecule has 2 bridgehead atoms. The maximum Gasteiger partial charge on any atom is 0.327 e. The number of likely N-dealkylation sites (N-methyl/N-ethyl adjacent to an activating group) is 1. The van der Waals surface area contributed by atoms with E-state index in [-0.39, 0.29) is 18.0 Å². The molecule has 4 atom stereocenters. The van der Waals surface area contributed by atoms with Crippen LogP contribution in [0.25, 0.3) is 0 Å². The number of rotatable bonds is 5. The first-order valence-electron chi connectivity index (χ1n) is 12.1. The molecular formula is C25H36N4O2. The summed E-state index contributed by atoms with van der Waals surface area (Å²) in [6.45, 7) is 9.66. The van der Waals surface area contributed by atoms with Crippen LogP contribution < -0.4 is 5.32 Å². The van der Waals surface area contributed by atoms with Crippen LogP contribution in [0.1, 0.15) is 57.9 Å². The van der Waals surface area contributed by atoms with Crippen molar-refractivity contribution in [1.82, 2.24) is 20.0 Å². The molecular weight excluding hydrogens is 388 g/mol. The van der Waals surface area contributed by atoms with Gasteiger partial charge in [-0.3, -0.25) is 14.6 Å². The van der Waals surface area contributed by atoms with Crippen molar-refractivity contribution in [3.63, 3.8) is 0 Å². The van der Waals surface area contributed by atoms with Crippen molar-refractivity contribution in [1.29, 1.82) is 0 Å². The van der Waals surface area contributed by atoms with Gasteiger partial charge in [-0.05, 0) is 64.5 Å². The molecule has 4 saturated heterocycles. The molecule has 1 N–H and O–H groups in total. The van der Waals surface area contributed by atoms with E-state index in [4.69, 9.17) is 0 Å². The van der Waals surface area contributed by atoms with Crippen LogP contribution in [0.2, 0.25) is 0 Å². The molecule has 1 aromatic carbocycles. The number of piperidine rings is 1. The fourth-order valence-electron chi connectivity index (χ4n) is 7.02. The van der Waals surface area contributed by atoms with Crippen LogP contribution >= 0.6 is 0 Å². The van der Waals surface area contributed by atoms with E-state index >= 15 is 0 Å². The molecule has 31 heavy (non-hydrogen) atoms. The minimum Gasteiger partial charge on any atom is -0.316 e. The molecule has 4 aliphatic rings. The topological polar surface area (TPSA) is 55.9 Å². The number of carbonyl (C=O) groups excluding carboxylic acids is 2. The van der Waals surface area contributed by atoms with Gasteiger partial charge in [0.25, 0.3) is 5.91 Å². The van der Waals surface area contributed by atoms with Crippen molar-refractivity contribution in [2.45, 2.75) is 76.0 Å². The van der Waals surface area contributed by atoms with Gasteiger partial charge in [-0.2, -0.15) is 0 Å². The van der Waals surface area contributed by atoms with E-state index in [0.29, 0.717) is 30.5 Å². The Labute approximate surface area is 185 Å². The highest BCUT2D eigenvalue weighted by molar-refractivity contribution is 6.07. The van der Waals surface area contributed by atoms with E-state index in [1.165, 1.54) is 10.5 Å². The highest BCUT2D eigenvalue weighted by Gasteiger charge is 2.63. The van der Waals surface area contributed by atoms with Gasteiger partial charge in [-0.25, -0.2) is 4.79 Å². The lowest BCUT2D eigenvalue weighted by Gasteiger charge is -2.48. The highest BCUT2D eigenvalue weighted by Crippen LogP contribution is 2.48. The van der Waals surface area contributed by atoms with E-state index in [1.807, 2.05) is 11.8 Å². The number of urea groups is 1. The summed E-state index contributed by atoms with van der Waals surface area (Å²) in [6.07, 6.45) is 3.86. The maximum absolute atomic E-state index is 13.5. The Morgan fingerprint density at radius 1 is 1.06 bits per heavy atom. The summed E-state index contributed by atoms with van der Waals surface area (Å²) >= 11 is 0. The van der Waals surface area contributed by atoms with Gasteiger partial charge in [0.1, 0.15) is 5.54 Å². The Kier molecular flexibility index (Phi) is 5.33.